The van der Waals surface area contributed by atoms with Gasteiger partial charge in [-0.2, -0.15) is 0 Å². The van der Waals surface area contributed by atoms with Crippen LogP contribution in [0.1, 0.15) is 0 Å². The summed E-state index contributed by atoms with van der Waals surface area (Å²) in [5.74, 6) is 4.45. The van der Waals surface area contributed by atoms with Crippen molar-refractivity contribution in [2.45, 2.75) is 0 Å². The van der Waals surface area contributed by atoms with Crippen molar-refractivity contribution in [2.24, 2.45) is 23.0 Å². The van der Waals surface area contributed by atoms with E-state index in [1.54, 1.807) is 10.7 Å². The molecule has 70 valence electrons. The minimum Gasteiger partial charge on any atom is -0.351 e. The van der Waals surface area contributed by atoms with Gasteiger partial charge in [0.15, 0.2) is 0 Å². The SMILES string of the molecule is NC(=O)NC(N)=O.NNC(N)=O. The average molecular weight is 178 g/mol. The summed E-state index contributed by atoms with van der Waals surface area (Å²) >= 11 is 0. The first-order valence-corrected chi connectivity index (χ1v) is 2.52. The molecule has 0 heterocycles. The molecular formula is C3H10N6O3. The third-order valence-corrected chi connectivity index (χ3v) is 0.389. The molecule has 6 amide bonds. The molecular weight excluding hydrogens is 168 g/mol. The smallest absolute Gasteiger partial charge is 0.326 e. The summed E-state index contributed by atoms with van der Waals surface area (Å²) in [6.07, 6.45) is 0. The lowest BCUT2D eigenvalue weighted by Crippen LogP contribution is -2.38. The lowest BCUT2D eigenvalue weighted by atomic mass is 10.9. The fraction of sp³-hybridized carbons (Fsp3) is 0. The molecule has 0 unspecified atom stereocenters. The Bertz CT molecular complexity index is 167. The number of nitrogens with one attached hydrogen (secondary N) is 2. The first kappa shape index (κ1) is 12.6. The van der Waals surface area contributed by atoms with E-state index in [0.29, 0.717) is 0 Å². The summed E-state index contributed by atoms with van der Waals surface area (Å²) in [6, 6.07) is -2.59. The average Bonchev–Trinajstić information content (AvgIpc) is 1.85. The van der Waals surface area contributed by atoms with Gasteiger partial charge in [-0.25, -0.2) is 20.2 Å². The Balaban J connectivity index is 0. The topological polar surface area (TPSA) is 179 Å². The van der Waals surface area contributed by atoms with Crippen LogP contribution >= 0.6 is 0 Å². The van der Waals surface area contributed by atoms with Crippen molar-refractivity contribution in [1.82, 2.24) is 10.7 Å². The second-order valence-electron chi connectivity index (χ2n) is 1.36. The summed E-state index contributed by atoms with van der Waals surface area (Å²) in [7, 11) is 0. The Hall–Kier alpha value is -2.03. The van der Waals surface area contributed by atoms with Gasteiger partial charge in [-0.3, -0.25) is 10.7 Å². The Labute approximate surface area is 67.4 Å². The molecule has 0 aliphatic rings. The number of hydrogen-bond acceptors (Lipinski definition) is 4. The van der Waals surface area contributed by atoms with E-state index >= 15 is 0 Å². The highest BCUT2D eigenvalue weighted by Gasteiger charge is 1.92. The summed E-state index contributed by atoms with van der Waals surface area (Å²) in [4.78, 5) is 28.6. The molecule has 0 saturated carbocycles. The van der Waals surface area contributed by atoms with Gasteiger partial charge in [0.05, 0.1) is 0 Å². The number of carbonyl (C=O) groups is 3. The van der Waals surface area contributed by atoms with E-state index in [9.17, 15) is 14.4 Å². The van der Waals surface area contributed by atoms with Gasteiger partial charge in [0, 0.05) is 0 Å². The molecule has 0 bridgehead atoms. The van der Waals surface area contributed by atoms with Crippen LogP contribution in [0.3, 0.4) is 0 Å². The van der Waals surface area contributed by atoms with Crippen LogP contribution < -0.4 is 33.8 Å². The minimum atomic E-state index is -0.938. The number of hydrazine groups is 1. The number of rotatable bonds is 0. The van der Waals surface area contributed by atoms with E-state index in [1.165, 1.54) is 0 Å². The first-order chi connectivity index (χ1) is 5.40. The fourth-order valence-corrected chi connectivity index (χ4v) is 0.121. The monoisotopic (exact) mass is 178 g/mol. The number of imide groups is 1. The van der Waals surface area contributed by atoms with Crippen LogP contribution in [-0.2, 0) is 0 Å². The summed E-state index contributed by atoms with van der Waals surface area (Å²) < 4.78 is 0. The predicted octanol–water partition coefficient (Wildman–Crippen LogP) is -2.74. The van der Waals surface area contributed by atoms with E-state index in [0.717, 1.165) is 0 Å². The van der Waals surface area contributed by atoms with Gasteiger partial charge in [-0.15, -0.1) is 0 Å². The molecule has 9 heteroatoms. The van der Waals surface area contributed by atoms with E-state index in [2.05, 4.69) is 23.0 Å². The molecule has 0 saturated heterocycles. The van der Waals surface area contributed by atoms with Gasteiger partial charge in [-0.1, -0.05) is 0 Å². The second-order valence-corrected chi connectivity index (χ2v) is 1.36. The maximum atomic E-state index is 9.62. The van der Waals surface area contributed by atoms with Crippen molar-refractivity contribution in [3.63, 3.8) is 0 Å². The Kier molecular flexibility index (Phi) is 7.45. The number of carbonyl (C=O) groups excluding carboxylic acids is 3. The molecule has 9 nitrogen and oxygen atoms in total. The lowest BCUT2D eigenvalue weighted by Gasteiger charge is -1.88. The quantitative estimate of drug-likeness (QED) is 0.134. The molecule has 0 rings (SSSR count). The molecule has 0 aromatic rings. The normalized spacial score (nSPS) is 7.08. The van der Waals surface area contributed by atoms with Crippen molar-refractivity contribution in [2.75, 3.05) is 0 Å². The molecule has 0 fully saturated rings. The van der Waals surface area contributed by atoms with Gasteiger partial charge in [0.1, 0.15) is 0 Å². The van der Waals surface area contributed by atoms with Gasteiger partial charge >= 0.3 is 18.1 Å². The number of nitrogens with two attached hydrogens (primary N) is 4. The maximum absolute atomic E-state index is 9.62. The zero-order valence-electron chi connectivity index (χ0n) is 6.03. The molecule has 10 N–H and O–H groups in total. The molecule has 0 atom stereocenters. The van der Waals surface area contributed by atoms with Gasteiger partial charge < -0.3 is 17.2 Å². The van der Waals surface area contributed by atoms with Crippen LogP contribution in [0.15, 0.2) is 0 Å². The highest BCUT2D eigenvalue weighted by molar-refractivity contribution is 5.91. The highest BCUT2D eigenvalue weighted by Crippen LogP contribution is 1.51. The van der Waals surface area contributed by atoms with Crippen LogP contribution in [0.25, 0.3) is 0 Å². The Morgan fingerprint density at radius 3 is 1.08 bits per heavy atom. The summed E-state index contributed by atoms with van der Waals surface area (Å²) in [5.41, 5.74) is 15.0. The van der Waals surface area contributed by atoms with Crippen molar-refractivity contribution in [3.05, 3.63) is 0 Å². The van der Waals surface area contributed by atoms with E-state index < -0.39 is 18.1 Å². The number of amides is 6. The molecule has 0 aromatic heterocycles. The lowest BCUT2D eigenvalue weighted by molar-refractivity contribution is 0.236. The van der Waals surface area contributed by atoms with Crippen LogP contribution in [0.2, 0.25) is 0 Å². The number of hydrogen-bond donors (Lipinski definition) is 6. The zero-order chi connectivity index (χ0) is 10.1. The van der Waals surface area contributed by atoms with E-state index in [-0.39, 0.29) is 0 Å². The van der Waals surface area contributed by atoms with Crippen LogP contribution in [-0.4, -0.2) is 18.1 Å². The molecule has 12 heavy (non-hydrogen) atoms. The minimum absolute atomic E-state index is 0.718. The molecule has 0 aliphatic heterocycles. The van der Waals surface area contributed by atoms with E-state index in [4.69, 9.17) is 0 Å². The standard InChI is InChI=1S/C2H5N3O2.CH5N3O/c3-1(6)5-2(4)7;2-1(5)4-3/h(H5,3,4,5,6,7);3H2,(H3,2,4,5). The molecule has 0 aromatic carbocycles. The first-order valence-electron chi connectivity index (χ1n) is 2.52. The zero-order valence-corrected chi connectivity index (χ0v) is 6.03. The van der Waals surface area contributed by atoms with Crippen LogP contribution in [0, 0.1) is 0 Å². The predicted molar refractivity (Wildman–Crippen MR) is 39.2 cm³/mol. The summed E-state index contributed by atoms with van der Waals surface area (Å²) in [5, 5.41) is 1.58. The van der Waals surface area contributed by atoms with Gasteiger partial charge in [0.2, 0.25) is 0 Å². The van der Waals surface area contributed by atoms with Crippen molar-refractivity contribution in [3.8, 4) is 0 Å². The van der Waals surface area contributed by atoms with Crippen molar-refractivity contribution >= 4 is 18.1 Å². The molecule has 0 radical (unpaired) electrons. The largest absolute Gasteiger partial charge is 0.351 e. The number of primary amides is 3. The Morgan fingerprint density at radius 2 is 1.08 bits per heavy atom. The van der Waals surface area contributed by atoms with Gasteiger partial charge in [-0.05, 0) is 0 Å². The molecule has 0 spiro atoms. The van der Waals surface area contributed by atoms with Crippen molar-refractivity contribution in [1.29, 1.82) is 0 Å². The maximum Gasteiger partial charge on any atom is 0.326 e. The van der Waals surface area contributed by atoms with Crippen LogP contribution in [0.4, 0.5) is 14.4 Å². The van der Waals surface area contributed by atoms with Crippen LogP contribution in [0.5, 0.6) is 0 Å². The van der Waals surface area contributed by atoms with E-state index in [1.807, 2.05) is 0 Å². The van der Waals surface area contributed by atoms with Crippen molar-refractivity contribution < 1.29 is 14.4 Å². The summed E-state index contributed by atoms with van der Waals surface area (Å²) in [6.45, 7) is 0. The third-order valence-electron chi connectivity index (χ3n) is 0.389. The second kappa shape index (κ2) is 7.08. The van der Waals surface area contributed by atoms with Gasteiger partial charge in [0.25, 0.3) is 0 Å². The molecule has 0 aliphatic carbocycles. The third kappa shape index (κ3) is 24.6. The number of urea groups is 3. The highest BCUT2D eigenvalue weighted by atomic mass is 16.2. The Morgan fingerprint density at radius 1 is 0.833 bits per heavy atom. The fourth-order valence-electron chi connectivity index (χ4n) is 0.121.